The molecule has 1 fully saturated rings. The predicted octanol–water partition coefficient (Wildman–Crippen LogP) is 6.67. The molecule has 4 aromatic rings. The number of aromatic nitrogens is 3. The van der Waals surface area contributed by atoms with Crippen molar-refractivity contribution in [3.05, 3.63) is 68.9 Å². The third-order valence-corrected chi connectivity index (χ3v) is 8.10. The average Bonchev–Trinajstić information content (AvgIpc) is 3.57. The number of halogens is 7. The van der Waals surface area contributed by atoms with Crippen molar-refractivity contribution >= 4 is 11.3 Å². The Kier molecular flexibility index (Phi) is 8.51. The molecule has 8 nitrogen and oxygen atoms in total. The third-order valence-electron chi connectivity index (χ3n) is 6.98. The van der Waals surface area contributed by atoms with Crippen molar-refractivity contribution in [1.82, 2.24) is 20.0 Å². The Hall–Kier alpha value is -3.92. The molecule has 0 amide bonds. The van der Waals surface area contributed by atoms with Gasteiger partial charge in [0.25, 0.3) is 0 Å². The third kappa shape index (κ3) is 6.85. The molecule has 0 saturated carbocycles. The molecule has 0 atom stereocenters. The molecule has 0 unspecified atom stereocenters. The van der Waals surface area contributed by atoms with E-state index in [1.165, 1.54) is 31.4 Å². The minimum atomic E-state index is -4.52. The highest BCUT2D eigenvalue weighted by Gasteiger charge is 2.41. The summed E-state index contributed by atoms with van der Waals surface area (Å²) in [6, 6.07) is 7.11. The summed E-state index contributed by atoms with van der Waals surface area (Å²) in [5.41, 5.74) is 0.129. The Labute approximate surface area is 243 Å². The molecule has 5 rings (SSSR count). The second-order valence-corrected chi connectivity index (χ2v) is 10.8. The van der Waals surface area contributed by atoms with E-state index in [2.05, 4.69) is 19.6 Å². The minimum absolute atomic E-state index is 0.0625. The number of alkyl halides is 6. The second-order valence-electron chi connectivity index (χ2n) is 9.75. The van der Waals surface area contributed by atoms with E-state index in [4.69, 9.17) is 9.47 Å². The molecule has 0 aliphatic carbocycles. The number of nitrogens with zero attached hydrogens (tertiary/aromatic N) is 3. The van der Waals surface area contributed by atoms with Crippen molar-refractivity contribution in [2.24, 2.45) is 5.92 Å². The van der Waals surface area contributed by atoms with Crippen LogP contribution < -0.4 is 15.2 Å². The molecule has 1 N–H and O–H groups in total. The fourth-order valence-electron chi connectivity index (χ4n) is 4.70. The zero-order chi connectivity index (χ0) is 30.9. The van der Waals surface area contributed by atoms with Crippen LogP contribution in [0.25, 0.3) is 22.0 Å². The molecule has 2 aromatic heterocycles. The van der Waals surface area contributed by atoms with Gasteiger partial charge >= 0.3 is 18.1 Å². The number of thiazole rings is 1. The van der Waals surface area contributed by atoms with Gasteiger partial charge in [-0.3, -0.25) is 14.4 Å². The van der Waals surface area contributed by atoms with E-state index in [1.54, 1.807) is 0 Å². The topological polar surface area (TPSA) is 93.5 Å². The fourth-order valence-corrected chi connectivity index (χ4v) is 5.69. The molecule has 1 aliphatic rings. The van der Waals surface area contributed by atoms with E-state index in [9.17, 15) is 31.1 Å². The Balaban J connectivity index is 1.40. The number of piperidine rings is 1. The summed E-state index contributed by atoms with van der Waals surface area (Å²) in [5, 5.41) is 3.90. The van der Waals surface area contributed by atoms with E-state index < -0.39 is 35.4 Å². The number of hydrogen-bond acceptors (Lipinski definition) is 8. The van der Waals surface area contributed by atoms with Crippen molar-refractivity contribution in [1.29, 1.82) is 0 Å². The largest absolute Gasteiger partial charge is 0.493 e. The maximum absolute atomic E-state index is 15.3. The SMILES string of the molecule is COc1c(-c2noc(=O)[nH]2)ccc(OCc2sc(-c3ccc(C(F)(F)F)cc3)nc2CN2CCC(C(F)(F)F)CC2)c1F. The number of hydrogen-bond donors (Lipinski definition) is 1. The molecular weight excluding hydrogens is 609 g/mol. The normalized spacial score (nSPS) is 15.2. The maximum atomic E-state index is 15.3. The summed E-state index contributed by atoms with van der Waals surface area (Å²) in [7, 11) is 1.21. The summed E-state index contributed by atoms with van der Waals surface area (Å²) < 4.78 is 109. The zero-order valence-electron chi connectivity index (χ0n) is 22.3. The monoisotopic (exact) mass is 632 g/mol. The Morgan fingerprint density at radius 3 is 2.35 bits per heavy atom. The lowest BCUT2D eigenvalue weighted by molar-refractivity contribution is -0.185. The molecule has 3 heterocycles. The van der Waals surface area contributed by atoms with Gasteiger partial charge in [0.1, 0.15) is 11.6 Å². The van der Waals surface area contributed by atoms with Gasteiger partial charge < -0.3 is 9.47 Å². The van der Waals surface area contributed by atoms with Crippen LogP contribution in [0.5, 0.6) is 11.5 Å². The number of nitrogens with one attached hydrogen (secondary N) is 1. The number of H-pyrrole nitrogens is 1. The number of likely N-dealkylation sites (tertiary alicyclic amines) is 1. The van der Waals surface area contributed by atoms with Gasteiger partial charge in [-0.15, -0.1) is 11.3 Å². The quantitative estimate of drug-likeness (QED) is 0.217. The first kappa shape index (κ1) is 30.5. The van der Waals surface area contributed by atoms with Crippen LogP contribution in [0.15, 0.2) is 45.7 Å². The fraction of sp³-hybridized carbons (Fsp3) is 0.370. The van der Waals surface area contributed by atoms with Crippen LogP contribution in [0.1, 0.15) is 29.0 Å². The van der Waals surface area contributed by atoms with Crippen LogP contribution in [0, 0.1) is 11.7 Å². The highest BCUT2D eigenvalue weighted by molar-refractivity contribution is 7.15. The molecule has 16 heteroatoms. The van der Waals surface area contributed by atoms with Gasteiger partial charge in [0.05, 0.1) is 34.7 Å². The highest BCUT2D eigenvalue weighted by atomic mass is 32.1. The van der Waals surface area contributed by atoms with Gasteiger partial charge in [-0.2, -0.15) is 30.7 Å². The first-order valence-corrected chi connectivity index (χ1v) is 13.7. The van der Waals surface area contributed by atoms with Gasteiger partial charge in [0.15, 0.2) is 17.3 Å². The summed E-state index contributed by atoms with van der Waals surface area (Å²) in [6.45, 7) is 0.321. The highest BCUT2D eigenvalue weighted by Crippen LogP contribution is 2.38. The molecule has 0 radical (unpaired) electrons. The molecule has 0 spiro atoms. The van der Waals surface area contributed by atoms with Crippen molar-refractivity contribution < 1.29 is 44.7 Å². The Bertz CT molecular complexity index is 1620. The van der Waals surface area contributed by atoms with Crippen LogP contribution >= 0.6 is 11.3 Å². The standard InChI is InChI=1S/C27H23F7N4O4S/c1-40-22-17(23-36-25(39)42-37-23)6-7-19(21(22)28)41-13-20-18(12-38-10-8-16(9-11-38)27(32,33)34)35-24(43-20)14-2-4-15(5-3-14)26(29,30)31/h2-7,16H,8-13H2,1H3,(H,36,37,39). The van der Waals surface area contributed by atoms with E-state index in [-0.39, 0.29) is 62.0 Å². The molecule has 2 aromatic carbocycles. The Morgan fingerprint density at radius 1 is 1.07 bits per heavy atom. The van der Waals surface area contributed by atoms with Crippen LogP contribution in [0.2, 0.25) is 0 Å². The first-order chi connectivity index (χ1) is 20.3. The summed E-state index contributed by atoms with van der Waals surface area (Å²) in [5.74, 6) is -3.68. The van der Waals surface area contributed by atoms with Gasteiger partial charge in [0, 0.05) is 12.1 Å². The maximum Gasteiger partial charge on any atom is 0.439 e. The molecule has 1 saturated heterocycles. The molecule has 1 aliphatic heterocycles. The number of benzene rings is 2. The number of methoxy groups -OCH3 is 1. The zero-order valence-corrected chi connectivity index (χ0v) is 23.1. The average molecular weight is 633 g/mol. The number of ether oxygens (including phenoxy) is 2. The van der Waals surface area contributed by atoms with Crippen LogP contribution in [0.3, 0.4) is 0 Å². The molecule has 43 heavy (non-hydrogen) atoms. The molecule has 0 bridgehead atoms. The first-order valence-electron chi connectivity index (χ1n) is 12.8. The van der Waals surface area contributed by atoms with Crippen LogP contribution in [-0.4, -0.2) is 46.4 Å². The van der Waals surface area contributed by atoms with E-state index in [0.717, 1.165) is 23.5 Å². The smallest absolute Gasteiger partial charge is 0.439 e. The number of aromatic amines is 1. The van der Waals surface area contributed by atoms with E-state index in [0.29, 0.717) is 21.1 Å². The van der Waals surface area contributed by atoms with Crippen molar-refractivity contribution in [2.75, 3.05) is 20.2 Å². The molecular formula is C27H23F7N4O4S. The minimum Gasteiger partial charge on any atom is -0.493 e. The lowest BCUT2D eigenvalue weighted by Crippen LogP contribution is -2.38. The number of rotatable bonds is 8. The van der Waals surface area contributed by atoms with Crippen molar-refractivity contribution in [3.8, 4) is 33.5 Å². The lowest BCUT2D eigenvalue weighted by atomic mass is 9.96. The van der Waals surface area contributed by atoms with Crippen molar-refractivity contribution in [2.45, 2.75) is 38.3 Å². The second kappa shape index (κ2) is 12.0. The summed E-state index contributed by atoms with van der Waals surface area (Å²) in [6.07, 6.45) is -8.93. The Morgan fingerprint density at radius 2 is 1.77 bits per heavy atom. The molecule has 230 valence electrons. The van der Waals surface area contributed by atoms with Gasteiger partial charge in [-0.1, -0.05) is 17.3 Å². The van der Waals surface area contributed by atoms with Gasteiger partial charge in [-0.25, -0.2) is 9.78 Å². The van der Waals surface area contributed by atoms with Crippen LogP contribution in [0.4, 0.5) is 30.7 Å². The van der Waals surface area contributed by atoms with Crippen LogP contribution in [-0.2, 0) is 19.3 Å². The van der Waals surface area contributed by atoms with Crippen molar-refractivity contribution in [3.63, 3.8) is 0 Å². The summed E-state index contributed by atoms with van der Waals surface area (Å²) in [4.78, 5) is 20.5. The van der Waals surface area contributed by atoms with Gasteiger partial charge in [-0.05, 0) is 50.2 Å². The van der Waals surface area contributed by atoms with E-state index in [1.807, 2.05) is 4.90 Å². The lowest BCUT2D eigenvalue weighted by Gasteiger charge is -2.32. The van der Waals surface area contributed by atoms with E-state index >= 15 is 4.39 Å². The summed E-state index contributed by atoms with van der Waals surface area (Å²) >= 11 is 1.12. The predicted molar refractivity (Wildman–Crippen MR) is 140 cm³/mol. The van der Waals surface area contributed by atoms with Gasteiger partial charge in [0.2, 0.25) is 5.82 Å².